The average Bonchev–Trinajstić information content (AvgIpc) is 3.02. The molecule has 0 radical (unpaired) electrons. The van der Waals surface area contributed by atoms with Crippen molar-refractivity contribution >= 4 is 24.3 Å². The monoisotopic (exact) mass is 416 g/mol. The first-order chi connectivity index (χ1) is 13.0. The van der Waals surface area contributed by atoms with Gasteiger partial charge in [0.25, 0.3) is 0 Å². The summed E-state index contributed by atoms with van der Waals surface area (Å²) in [6.45, 7) is 5.06. The smallest absolute Gasteiger partial charge is 0.338 e. The van der Waals surface area contributed by atoms with E-state index in [1.807, 2.05) is 26.8 Å². The molecule has 0 aliphatic carbocycles. The molecule has 1 unspecified atom stereocenters. The molecule has 3 atom stereocenters. The molecule has 0 bridgehead atoms. The number of carbonyl (C=O) groups is 1. The van der Waals surface area contributed by atoms with Crippen LogP contribution in [0.3, 0.4) is 0 Å². The van der Waals surface area contributed by atoms with Crippen LogP contribution in [0.4, 0.5) is 0 Å². The van der Waals surface area contributed by atoms with E-state index in [0.29, 0.717) is 38.0 Å². The van der Waals surface area contributed by atoms with Crippen molar-refractivity contribution in [3.05, 3.63) is 35.9 Å². The minimum absolute atomic E-state index is 0.0501. The lowest BCUT2D eigenvalue weighted by Gasteiger charge is -2.26. The van der Waals surface area contributed by atoms with Crippen LogP contribution in [0.15, 0.2) is 30.3 Å². The molecule has 0 aromatic heterocycles. The summed E-state index contributed by atoms with van der Waals surface area (Å²) in [6.07, 6.45) is 0.630. The molecule has 0 N–H and O–H groups in total. The fourth-order valence-electron chi connectivity index (χ4n) is 3.06. The summed E-state index contributed by atoms with van der Waals surface area (Å²) >= 11 is 5.67. The van der Waals surface area contributed by atoms with Crippen LogP contribution in [-0.2, 0) is 35.1 Å². The third-order valence-corrected chi connectivity index (χ3v) is 7.50. The summed E-state index contributed by atoms with van der Waals surface area (Å²) in [6, 6.07) is 8.91. The van der Waals surface area contributed by atoms with E-state index in [4.69, 9.17) is 35.1 Å². The van der Waals surface area contributed by atoms with E-state index in [-0.39, 0.29) is 30.9 Å². The second-order valence-corrected chi connectivity index (χ2v) is 9.92. The molecule has 152 valence electrons. The Morgan fingerprint density at radius 3 is 2.41 bits per heavy atom. The number of esters is 1. The lowest BCUT2D eigenvalue weighted by atomic mass is 10.0. The second kappa shape index (κ2) is 11.2. The molecule has 27 heavy (non-hydrogen) atoms. The number of hydrogen-bond donors (Lipinski definition) is 0. The Hall–Kier alpha value is -0.820. The SMILES string of the molecule is CCOC1C[C@H](CP(=S)(OCC)OCC)[C@@H](COC(=O)c2ccccc2)O1. The zero-order valence-corrected chi connectivity index (χ0v) is 17.9. The summed E-state index contributed by atoms with van der Waals surface area (Å²) in [4.78, 5) is 12.2. The highest BCUT2D eigenvalue weighted by molar-refractivity contribution is 8.09. The molecular formula is C19H29O6PS. The number of hydrogen-bond acceptors (Lipinski definition) is 7. The molecule has 1 saturated heterocycles. The predicted octanol–water partition coefficient (Wildman–Crippen LogP) is 3.99. The van der Waals surface area contributed by atoms with Gasteiger partial charge in [0.1, 0.15) is 6.61 Å². The van der Waals surface area contributed by atoms with Crippen molar-refractivity contribution in [3.63, 3.8) is 0 Å². The fourth-order valence-corrected chi connectivity index (χ4v) is 6.30. The summed E-state index contributed by atoms with van der Waals surface area (Å²) < 4.78 is 28.6. The van der Waals surface area contributed by atoms with Gasteiger partial charge >= 0.3 is 5.97 Å². The molecule has 0 saturated carbocycles. The van der Waals surface area contributed by atoms with Gasteiger partial charge in [-0.05, 0) is 44.7 Å². The van der Waals surface area contributed by atoms with Crippen molar-refractivity contribution in [2.45, 2.75) is 39.6 Å². The third kappa shape index (κ3) is 6.93. The van der Waals surface area contributed by atoms with Gasteiger partial charge in [-0.2, -0.15) is 0 Å². The van der Waals surface area contributed by atoms with E-state index in [1.54, 1.807) is 24.3 Å². The molecule has 1 aliphatic rings. The molecule has 8 heteroatoms. The molecule has 1 heterocycles. The number of rotatable bonds is 11. The van der Waals surface area contributed by atoms with Gasteiger partial charge in [0.15, 0.2) is 12.8 Å². The van der Waals surface area contributed by atoms with Gasteiger partial charge in [0.2, 0.25) is 0 Å². The zero-order valence-electron chi connectivity index (χ0n) is 16.2. The van der Waals surface area contributed by atoms with E-state index in [2.05, 4.69) is 0 Å². The van der Waals surface area contributed by atoms with Gasteiger partial charge in [-0.25, -0.2) is 4.79 Å². The van der Waals surface area contributed by atoms with Crippen molar-refractivity contribution < 1.29 is 28.1 Å². The van der Waals surface area contributed by atoms with E-state index in [0.717, 1.165) is 0 Å². The first kappa shape index (κ1) is 22.5. The Morgan fingerprint density at radius 1 is 1.15 bits per heavy atom. The van der Waals surface area contributed by atoms with Crippen LogP contribution in [0, 0.1) is 5.92 Å². The maximum atomic E-state index is 12.2. The first-order valence-electron chi connectivity index (χ1n) is 9.38. The van der Waals surface area contributed by atoms with Gasteiger partial charge in [0.05, 0.1) is 24.9 Å². The quantitative estimate of drug-likeness (QED) is 0.399. The minimum Gasteiger partial charge on any atom is -0.459 e. The predicted molar refractivity (Wildman–Crippen MR) is 108 cm³/mol. The van der Waals surface area contributed by atoms with Crippen molar-refractivity contribution in [2.75, 3.05) is 32.6 Å². The number of ether oxygens (including phenoxy) is 3. The Balaban J connectivity index is 2.01. The Labute approximate surface area is 166 Å². The molecule has 1 aromatic rings. The molecule has 2 rings (SSSR count). The van der Waals surface area contributed by atoms with Crippen LogP contribution in [0.2, 0.25) is 0 Å². The summed E-state index contributed by atoms with van der Waals surface area (Å²) in [5.41, 5.74) is 0.516. The van der Waals surface area contributed by atoms with Crippen LogP contribution in [0.1, 0.15) is 37.6 Å². The van der Waals surface area contributed by atoms with Crippen LogP contribution >= 0.6 is 6.49 Å². The van der Waals surface area contributed by atoms with Gasteiger partial charge in [-0.3, -0.25) is 0 Å². The van der Waals surface area contributed by atoms with E-state index < -0.39 is 6.49 Å². The normalized spacial score (nSPS) is 22.7. The first-order valence-corrected chi connectivity index (χ1v) is 12.2. The maximum Gasteiger partial charge on any atom is 0.338 e. The van der Waals surface area contributed by atoms with Gasteiger partial charge in [-0.15, -0.1) is 0 Å². The molecule has 1 aliphatic heterocycles. The summed E-state index contributed by atoms with van der Waals surface area (Å²) in [7, 11) is 0. The fraction of sp³-hybridized carbons (Fsp3) is 0.632. The zero-order chi connectivity index (χ0) is 19.7. The minimum atomic E-state index is -2.40. The maximum absolute atomic E-state index is 12.2. The Kier molecular flexibility index (Phi) is 9.36. The largest absolute Gasteiger partial charge is 0.459 e. The van der Waals surface area contributed by atoms with Crippen LogP contribution in [-0.4, -0.2) is 51.0 Å². The average molecular weight is 416 g/mol. The van der Waals surface area contributed by atoms with Crippen LogP contribution in [0.25, 0.3) is 0 Å². The van der Waals surface area contributed by atoms with Gasteiger partial charge in [-0.1, -0.05) is 18.2 Å². The van der Waals surface area contributed by atoms with Crippen molar-refractivity contribution in [2.24, 2.45) is 5.92 Å². The molecule has 6 nitrogen and oxygen atoms in total. The number of carbonyl (C=O) groups excluding carboxylic acids is 1. The third-order valence-electron chi connectivity index (χ3n) is 4.20. The van der Waals surface area contributed by atoms with Crippen molar-refractivity contribution in [1.29, 1.82) is 0 Å². The highest BCUT2D eigenvalue weighted by Crippen LogP contribution is 2.52. The summed E-state index contributed by atoms with van der Waals surface area (Å²) in [5, 5.41) is 0. The van der Waals surface area contributed by atoms with Crippen LogP contribution < -0.4 is 0 Å². The van der Waals surface area contributed by atoms with Crippen molar-refractivity contribution in [3.8, 4) is 0 Å². The van der Waals surface area contributed by atoms with E-state index in [9.17, 15) is 4.79 Å². The van der Waals surface area contributed by atoms with E-state index in [1.165, 1.54) is 0 Å². The standard InChI is InChI=1S/C19H29O6PS/c1-4-21-18-12-16(14-26(27,23-5-2)24-6-3)17(25-18)13-22-19(20)15-10-8-7-9-11-15/h7-11,16-18H,4-6,12-14H2,1-3H3/t16-,17-,18?/m1/s1. The molecule has 1 fully saturated rings. The molecular weight excluding hydrogens is 387 g/mol. The Morgan fingerprint density at radius 2 is 1.81 bits per heavy atom. The second-order valence-electron chi connectivity index (χ2n) is 6.15. The number of benzene rings is 1. The van der Waals surface area contributed by atoms with Crippen molar-refractivity contribution in [1.82, 2.24) is 0 Å². The van der Waals surface area contributed by atoms with Gasteiger partial charge in [0, 0.05) is 25.1 Å². The van der Waals surface area contributed by atoms with Crippen LogP contribution in [0.5, 0.6) is 0 Å². The van der Waals surface area contributed by atoms with Gasteiger partial charge < -0.3 is 23.3 Å². The highest BCUT2D eigenvalue weighted by atomic mass is 32.5. The molecule has 0 spiro atoms. The Bertz CT molecular complexity index is 616. The topological polar surface area (TPSA) is 63.2 Å². The summed E-state index contributed by atoms with van der Waals surface area (Å²) in [5.74, 6) is -0.319. The molecule has 0 amide bonds. The molecule has 1 aromatic carbocycles. The van der Waals surface area contributed by atoms with E-state index >= 15 is 0 Å². The lowest BCUT2D eigenvalue weighted by Crippen LogP contribution is -2.27. The highest BCUT2D eigenvalue weighted by Gasteiger charge is 2.40. The lowest BCUT2D eigenvalue weighted by molar-refractivity contribution is -0.139.